The summed E-state index contributed by atoms with van der Waals surface area (Å²) < 4.78 is 5.03. The maximum atomic E-state index is 11.9. The molecule has 3 nitrogen and oxygen atoms in total. The van der Waals surface area contributed by atoms with Gasteiger partial charge in [-0.3, -0.25) is 9.59 Å². The Morgan fingerprint density at radius 1 is 1.37 bits per heavy atom. The van der Waals surface area contributed by atoms with E-state index in [4.69, 9.17) is 4.74 Å². The Morgan fingerprint density at radius 3 is 2.47 bits per heavy atom. The molecule has 108 valence electrons. The number of ether oxygens (including phenoxy) is 1. The fourth-order valence-electron chi connectivity index (χ4n) is 2.97. The van der Waals surface area contributed by atoms with Crippen LogP contribution in [0.5, 0.6) is 0 Å². The highest BCUT2D eigenvalue weighted by Gasteiger charge is 2.34. The highest BCUT2D eigenvalue weighted by atomic mass is 16.5. The molecule has 0 radical (unpaired) electrons. The van der Waals surface area contributed by atoms with Crippen LogP contribution in [-0.2, 0) is 14.3 Å². The second kappa shape index (κ2) is 6.36. The molecule has 3 heteroatoms. The van der Waals surface area contributed by atoms with Crippen LogP contribution < -0.4 is 0 Å². The zero-order valence-electron chi connectivity index (χ0n) is 12.8. The quantitative estimate of drug-likeness (QED) is 0.433. The van der Waals surface area contributed by atoms with Crippen LogP contribution >= 0.6 is 0 Å². The highest BCUT2D eigenvalue weighted by Crippen LogP contribution is 2.43. The summed E-state index contributed by atoms with van der Waals surface area (Å²) in [7, 11) is 0. The van der Waals surface area contributed by atoms with Crippen molar-refractivity contribution in [2.45, 2.75) is 60.3 Å². The molecule has 0 aromatic heterocycles. The Bertz CT molecular complexity index is 391. The molecule has 0 N–H and O–H groups in total. The van der Waals surface area contributed by atoms with Gasteiger partial charge < -0.3 is 4.74 Å². The van der Waals surface area contributed by atoms with E-state index in [9.17, 15) is 9.59 Å². The second-order valence-electron chi connectivity index (χ2n) is 6.12. The number of esters is 1. The van der Waals surface area contributed by atoms with Crippen LogP contribution in [0.15, 0.2) is 11.1 Å². The van der Waals surface area contributed by atoms with Crippen LogP contribution in [0, 0.1) is 11.3 Å². The van der Waals surface area contributed by atoms with E-state index in [1.54, 1.807) is 6.92 Å². The normalized spacial score (nSPS) is 20.1. The third-order valence-corrected chi connectivity index (χ3v) is 4.16. The fraction of sp³-hybridized carbons (Fsp3) is 0.750. The summed E-state index contributed by atoms with van der Waals surface area (Å²) in [4.78, 5) is 23.6. The summed E-state index contributed by atoms with van der Waals surface area (Å²) in [5.41, 5.74) is 2.70. The lowest BCUT2D eigenvalue weighted by Gasteiger charge is -2.35. The zero-order chi connectivity index (χ0) is 14.6. The lowest BCUT2D eigenvalue weighted by Crippen LogP contribution is -2.29. The average Bonchev–Trinajstić information content (AvgIpc) is 2.27. The number of rotatable bonds is 5. The molecule has 0 aliphatic heterocycles. The summed E-state index contributed by atoms with van der Waals surface area (Å²) in [6, 6.07) is 0. The third kappa shape index (κ3) is 3.92. The number of carbonyl (C=O) groups is 2. The Kier molecular flexibility index (Phi) is 5.33. The number of carbonyl (C=O) groups excluding carboxylic acids is 2. The Balaban J connectivity index is 2.95. The second-order valence-corrected chi connectivity index (χ2v) is 6.12. The Hall–Kier alpha value is -1.12. The van der Waals surface area contributed by atoms with Gasteiger partial charge in [0.05, 0.1) is 6.61 Å². The first-order valence-electron chi connectivity index (χ1n) is 7.15. The summed E-state index contributed by atoms with van der Waals surface area (Å²) >= 11 is 0. The molecule has 1 atom stereocenters. The first-order chi connectivity index (χ1) is 8.79. The van der Waals surface area contributed by atoms with E-state index in [1.165, 1.54) is 24.5 Å². The minimum absolute atomic E-state index is 0.0858. The molecule has 0 aromatic carbocycles. The van der Waals surface area contributed by atoms with Crippen molar-refractivity contribution in [2.24, 2.45) is 11.3 Å². The molecule has 0 saturated carbocycles. The largest absolute Gasteiger partial charge is 0.465 e. The number of hydrogen-bond donors (Lipinski definition) is 0. The minimum atomic E-state index is -0.637. The summed E-state index contributed by atoms with van der Waals surface area (Å²) in [6.45, 7) is 10.1. The van der Waals surface area contributed by atoms with Crippen molar-refractivity contribution in [3.05, 3.63) is 11.1 Å². The van der Waals surface area contributed by atoms with Crippen molar-refractivity contribution >= 4 is 11.8 Å². The molecule has 1 unspecified atom stereocenters. The van der Waals surface area contributed by atoms with Crippen molar-refractivity contribution in [3.8, 4) is 0 Å². The van der Waals surface area contributed by atoms with E-state index in [0.29, 0.717) is 13.0 Å². The standard InChI is InChI=1S/C16H26O3/c1-6-19-15(18)13(12(3)17)10-14-11(2)8-7-9-16(14,4)5/h13H,6-10H2,1-5H3. The number of Topliss-reactive ketones (excluding diaryl/α,β-unsaturated/α-hetero) is 1. The molecular weight excluding hydrogens is 240 g/mol. The first-order valence-corrected chi connectivity index (χ1v) is 7.15. The van der Waals surface area contributed by atoms with Gasteiger partial charge in [0.15, 0.2) is 0 Å². The Labute approximate surface area is 116 Å². The Morgan fingerprint density at radius 2 is 2.00 bits per heavy atom. The van der Waals surface area contributed by atoms with Crippen LogP contribution in [-0.4, -0.2) is 18.4 Å². The molecule has 0 fully saturated rings. The highest BCUT2D eigenvalue weighted by molar-refractivity contribution is 5.98. The van der Waals surface area contributed by atoms with Crippen LogP contribution in [0.2, 0.25) is 0 Å². The minimum Gasteiger partial charge on any atom is -0.465 e. The van der Waals surface area contributed by atoms with Gasteiger partial charge in [0.2, 0.25) is 0 Å². The number of ketones is 1. The maximum absolute atomic E-state index is 11.9. The van der Waals surface area contributed by atoms with Crippen LogP contribution in [0.1, 0.15) is 60.3 Å². The molecule has 0 aromatic rings. The predicted molar refractivity (Wildman–Crippen MR) is 75.8 cm³/mol. The van der Waals surface area contributed by atoms with Crippen molar-refractivity contribution in [2.75, 3.05) is 6.61 Å². The van der Waals surface area contributed by atoms with Gasteiger partial charge in [-0.25, -0.2) is 0 Å². The number of hydrogen-bond acceptors (Lipinski definition) is 3. The fourth-order valence-corrected chi connectivity index (χ4v) is 2.97. The van der Waals surface area contributed by atoms with Gasteiger partial charge in [0.1, 0.15) is 11.7 Å². The van der Waals surface area contributed by atoms with Crippen LogP contribution in [0.4, 0.5) is 0 Å². The molecule has 19 heavy (non-hydrogen) atoms. The maximum Gasteiger partial charge on any atom is 0.316 e. The lowest BCUT2D eigenvalue weighted by atomic mass is 9.69. The van der Waals surface area contributed by atoms with E-state index >= 15 is 0 Å². The molecule has 0 heterocycles. The van der Waals surface area contributed by atoms with Crippen molar-refractivity contribution in [1.29, 1.82) is 0 Å². The lowest BCUT2D eigenvalue weighted by molar-refractivity contribution is -0.151. The van der Waals surface area contributed by atoms with Gasteiger partial charge in [0.25, 0.3) is 0 Å². The van der Waals surface area contributed by atoms with Gasteiger partial charge in [-0.2, -0.15) is 0 Å². The van der Waals surface area contributed by atoms with E-state index in [0.717, 1.165) is 12.8 Å². The van der Waals surface area contributed by atoms with Crippen molar-refractivity contribution in [1.82, 2.24) is 0 Å². The number of allylic oxidation sites excluding steroid dienone is 2. The van der Waals surface area contributed by atoms with E-state index in [1.807, 2.05) is 0 Å². The molecule has 1 rings (SSSR count). The first kappa shape index (κ1) is 15.9. The third-order valence-electron chi connectivity index (χ3n) is 4.16. The summed E-state index contributed by atoms with van der Waals surface area (Å²) in [5.74, 6) is -1.11. The average molecular weight is 266 g/mol. The van der Waals surface area contributed by atoms with Crippen LogP contribution in [0.3, 0.4) is 0 Å². The molecule has 1 aliphatic carbocycles. The van der Waals surface area contributed by atoms with Gasteiger partial charge in [-0.05, 0) is 51.9 Å². The van der Waals surface area contributed by atoms with Crippen LogP contribution in [0.25, 0.3) is 0 Å². The molecule has 0 saturated heterocycles. The smallest absolute Gasteiger partial charge is 0.316 e. The molecule has 0 amide bonds. The molecule has 0 bridgehead atoms. The predicted octanol–water partition coefficient (Wildman–Crippen LogP) is 3.67. The van der Waals surface area contributed by atoms with E-state index in [2.05, 4.69) is 20.8 Å². The van der Waals surface area contributed by atoms with Gasteiger partial charge >= 0.3 is 5.97 Å². The van der Waals surface area contributed by atoms with Gasteiger partial charge in [-0.1, -0.05) is 25.0 Å². The molecule has 1 aliphatic rings. The monoisotopic (exact) mass is 266 g/mol. The van der Waals surface area contributed by atoms with E-state index < -0.39 is 5.92 Å². The molecule has 0 spiro atoms. The molecular formula is C16H26O3. The summed E-state index contributed by atoms with van der Waals surface area (Å²) in [5, 5.41) is 0. The van der Waals surface area contributed by atoms with Gasteiger partial charge in [-0.15, -0.1) is 0 Å². The topological polar surface area (TPSA) is 43.4 Å². The SMILES string of the molecule is CCOC(=O)C(CC1=C(C)CCCC1(C)C)C(C)=O. The van der Waals surface area contributed by atoms with Gasteiger partial charge in [0, 0.05) is 0 Å². The van der Waals surface area contributed by atoms with Crippen molar-refractivity contribution in [3.63, 3.8) is 0 Å². The zero-order valence-corrected chi connectivity index (χ0v) is 12.8. The van der Waals surface area contributed by atoms with E-state index in [-0.39, 0.29) is 17.2 Å². The summed E-state index contributed by atoms with van der Waals surface area (Å²) in [6.07, 6.45) is 3.90. The van der Waals surface area contributed by atoms with Crippen molar-refractivity contribution < 1.29 is 14.3 Å².